The average molecular weight is 340 g/mol. The molecule has 9 heteroatoms. The summed E-state index contributed by atoms with van der Waals surface area (Å²) in [4.78, 5) is 11.1. The Hall–Kier alpha value is -2.07. The van der Waals surface area contributed by atoms with Gasteiger partial charge in [0.1, 0.15) is 9.79 Å². The predicted molar refractivity (Wildman–Crippen MR) is 74.9 cm³/mol. The van der Waals surface area contributed by atoms with Crippen molar-refractivity contribution in [3.63, 3.8) is 0 Å². The molecule has 0 radical (unpaired) electrons. The van der Waals surface area contributed by atoms with Crippen molar-refractivity contribution < 1.29 is 30.7 Å². The van der Waals surface area contributed by atoms with Crippen molar-refractivity contribution in [3.8, 4) is 11.1 Å². The molecule has 2 aromatic carbocycles. The summed E-state index contributed by atoms with van der Waals surface area (Å²) >= 11 is 0. The zero-order chi connectivity index (χ0) is 16.3. The molecule has 2 aromatic rings. The maximum atomic E-state index is 12.3. The summed E-state index contributed by atoms with van der Waals surface area (Å²) < 4.78 is 64.6. The Kier molecular flexibility index (Phi) is 3.01. The van der Waals surface area contributed by atoms with Crippen LogP contribution in [0.3, 0.4) is 0 Å². The molecule has 0 fully saturated rings. The fraction of sp³-hybridized carbons (Fsp3) is 0. The lowest BCUT2D eigenvalue weighted by Gasteiger charge is -2.09. The van der Waals surface area contributed by atoms with Crippen LogP contribution in [0, 0.1) is 0 Å². The van der Waals surface area contributed by atoms with Crippen molar-refractivity contribution in [2.24, 2.45) is 0 Å². The molecule has 0 spiro atoms. The second-order valence-electron chi connectivity index (χ2n) is 4.64. The highest BCUT2D eigenvalue weighted by atomic mass is 32.2. The number of carbonyl (C=O) groups excluding carboxylic acids is 1. The van der Waals surface area contributed by atoms with E-state index in [0.717, 1.165) is 12.1 Å². The first-order valence-electron chi connectivity index (χ1n) is 5.88. The van der Waals surface area contributed by atoms with Crippen LogP contribution in [0.5, 0.6) is 0 Å². The van der Waals surface area contributed by atoms with Gasteiger partial charge in [0.05, 0.1) is 0 Å². The molecule has 1 aliphatic rings. The van der Waals surface area contributed by atoms with Crippen molar-refractivity contribution >= 4 is 26.0 Å². The topological polar surface area (TPSA) is 126 Å². The third-order valence-corrected chi connectivity index (χ3v) is 5.14. The number of ketones is 1. The van der Waals surface area contributed by atoms with Crippen molar-refractivity contribution in [2.45, 2.75) is 9.79 Å². The molecule has 0 bridgehead atoms. The maximum absolute atomic E-state index is 12.3. The first-order valence-corrected chi connectivity index (χ1v) is 8.76. The van der Waals surface area contributed by atoms with E-state index in [9.17, 15) is 30.7 Å². The molecular weight excluding hydrogens is 332 g/mol. The second kappa shape index (κ2) is 4.46. The predicted octanol–water partition coefficient (Wildman–Crippen LogP) is 1.39. The van der Waals surface area contributed by atoms with E-state index in [1.807, 2.05) is 0 Å². The highest BCUT2D eigenvalue weighted by Crippen LogP contribution is 2.43. The molecular formula is C13H8O7S2. The van der Waals surface area contributed by atoms with E-state index in [0.29, 0.717) is 0 Å². The van der Waals surface area contributed by atoms with Gasteiger partial charge in [-0.25, -0.2) is 0 Å². The summed E-state index contributed by atoms with van der Waals surface area (Å²) in [5.74, 6) is -0.582. The van der Waals surface area contributed by atoms with Crippen molar-refractivity contribution in [1.82, 2.24) is 0 Å². The summed E-state index contributed by atoms with van der Waals surface area (Å²) in [5, 5.41) is 0. The highest BCUT2D eigenvalue weighted by Gasteiger charge is 2.36. The molecule has 0 atom stereocenters. The number of hydrogen-bond acceptors (Lipinski definition) is 5. The van der Waals surface area contributed by atoms with Crippen LogP contribution < -0.4 is 0 Å². The maximum Gasteiger partial charge on any atom is 0.295 e. The van der Waals surface area contributed by atoms with E-state index >= 15 is 0 Å². The number of benzene rings is 2. The standard InChI is InChI=1S/C13H8O7S2/c14-13-7-3-1-5-9(21(15,16)17)11(7)12-8(13)4-2-6-10(12)22(18,19)20/h1-6H,(H,15,16,17)(H,18,19,20). The minimum Gasteiger partial charge on any atom is -0.289 e. The van der Waals surface area contributed by atoms with Gasteiger partial charge in [0, 0.05) is 22.3 Å². The van der Waals surface area contributed by atoms with Crippen LogP contribution in [0.2, 0.25) is 0 Å². The lowest BCUT2D eigenvalue weighted by Crippen LogP contribution is -2.04. The van der Waals surface area contributed by atoms with Crippen LogP contribution >= 0.6 is 0 Å². The van der Waals surface area contributed by atoms with Crippen molar-refractivity contribution in [3.05, 3.63) is 47.5 Å². The molecule has 0 unspecified atom stereocenters. The summed E-state index contributed by atoms with van der Waals surface area (Å²) in [6.07, 6.45) is 0. The van der Waals surface area contributed by atoms with E-state index in [1.165, 1.54) is 24.3 Å². The third-order valence-electron chi connectivity index (χ3n) is 3.35. The molecule has 2 N–H and O–H groups in total. The van der Waals surface area contributed by atoms with Crippen LogP contribution in [0.25, 0.3) is 11.1 Å². The number of rotatable bonds is 2. The van der Waals surface area contributed by atoms with E-state index in [2.05, 4.69) is 0 Å². The van der Waals surface area contributed by atoms with Crippen LogP contribution in [0.1, 0.15) is 15.9 Å². The summed E-state index contributed by atoms with van der Waals surface area (Å²) in [7, 11) is -9.37. The van der Waals surface area contributed by atoms with Crippen LogP contribution in [-0.2, 0) is 20.2 Å². The lowest BCUT2D eigenvalue weighted by atomic mass is 10.1. The summed E-state index contributed by atoms with van der Waals surface area (Å²) in [6.45, 7) is 0. The van der Waals surface area contributed by atoms with Crippen LogP contribution in [0.4, 0.5) is 0 Å². The second-order valence-corrected chi connectivity index (χ2v) is 7.42. The van der Waals surface area contributed by atoms with Crippen LogP contribution in [0.15, 0.2) is 46.2 Å². The van der Waals surface area contributed by atoms with Gasteiger partial charge in [-0.05, 0) is 12.1 Å². The first kappa shape index (κ1) is 14.9. The molecule has 0 amide bonds. The average Bonchev–Trinajstić information content (AvgIpc) is 2.71. The zero-order valence-electron chi connectivity index (χ0n) is 10.7. The SMILES string of the molecule is O=C1c2cccc(S(=O)(=O)O)c2-c2c1cccc2S(=O)(=O)O. The first-order chi connectivity index (χ1) is 10.1. The Morgan fingerprint density at radius 2 is 1.05 bits per heavy atom. The molecule has 0 heterocycles. The molecule has 114 valence electrons. The van der Waals surface area contributed by atoms with Crippen molar-refractivity contribution in [2.75, 3.05) is 0 Å². The number of carbonyl (C=O) groups is 1. The quantitative estimate of drug-likeness (QED) is 0.675. The normalized spacial score (nSPS) is 13.8. The van der Waals surface area contributed by atoms with Gasteiger partial charge in [0.2, 0.25) is 0 Å². The van der Waals surface area contributed by atoms with Gasteiger partial charge in [-0.15, -0.1) is 0 Å². The molecule has 22 heavy (non-hydrogen) atoms. The molecule has 3 rings (SSSR count). The molecule has 0 aliphatic heterocycles. The van der Waals surface area contributed by atoms with Gasteiger partial charge in [-0.3, -0.25) is 13.9 Å². The summed E-state index contributed by atoms with van der Waals surface area (Å²) in [6, 6.07) is 7.27. The molecule has 0 saturated carbocycles. The van der Waals surface area contributed by atoms with Gasteiger partial charge in [-0.1, -0.05) is 24.3 Å². The molecule has 0 saturated heterocycles. The van der Waals surface area contributed by atoms with Gasteiger partial charge in [-0.2, -0.15) is 16.8 Å². The smallest absolute Gasteiger partial charge is 0.289 e. The largest absolute Gasteiger partial charge is 0.295 e. The highest BCUT2D eigenvalue weighted by molar-refractivity contribution is 7.86. The van der Waals surface area contributed by atoms with E-state index in [1.54, 1.807) is 0 Å². The Bertz CT molecular complexity index is 951. The van der Waals surface area contributed by atoms with E-state index < -0.39 is 35.8 Å². The van der Waals surface area contributed by atoms with Gasteiger partial charge >= 0.3 is 0 Å². The molecule has 0 aromatic heterocycles. The van der Waals surface area contributed by atoms with E-state index in [-0.39, 0.29) is 22.3 Å². The summed E-state index contributed by atoms with van der Waals surface area (Å²) in [5.41, 5.74) is -0.557. The van der Waals surface area contributed by atoms with Gasteiger partial charge in [0.15, 0.2) is 5.78 Å². The number of fused-ring (bicyclic) bond motifs is 3. The Labute approximate surface area is 125 Å². The minimum absolute atomic E-state index is 0.0544. The Morgan fingerprint density at radius 1 is 0.682 bits per heavy atom. The minimum atomic E-state index is -4.69. The monoisotopic (exact) mass is 340 g/mol. The fourth-order valence-electron chi connectivity index (χ4n) is 2.53. The van der Waals surface area contributed by atoms with E-state index in [4.69, 9.17) is 0 Å². The Balaban J connectivity index is 2.55. The molecule has 1 aliphatic carbocycles. The Morgan fingerprint density at radius 3 is 1.36 bits per heavy atom. The fourth-order valence-corrected chi connectivity index (χ4v) is 3.97. The molecule has 7 nitrogen and oxygen atoms in total. The van der Waals surface area contributed by atoms with Gasteiger partial charge in [0.25, 0.3) is 20.2 Å². The third kappa shape index (κ3) is 2.06. The van der Waals surface area contributed by atoms with Crippen LogP contribution in [-0.4, -0.2) is 31.7 Å². The number of hydrogen-bond donors (Lipinski definition) is 2. The van der Waals surface area contributed by atoms with Crippen molar-refractivity contribution in [1.29, 1.82) is 0 Å². The lowest BCUT2D eigenvalue weighted by molar-refractivity contribution is 0.104. The zero-order valence-corrected chi connectivity index (χ0v) is 12.3. The van der Waals surface area contributed by atoms with Gasteiger partial charge < -0.3 is 0 Å².